The average Bonchev–Trinajstić information content (AvgIpc) is 2.08. The Balaban J connectivity index is 2.81. The highest BCUT2D eigenvalue weighted by molar-refractivity contribution is 5.89. The van der Waals surface area contributed by atoms with E-state index in [2.05, 4.69) is 6.58 Å². The molecule has 0 saturated carbocycles. The molecule has 0 bridgehead atoms. The standard InChI is InChI=1S/C9H10N2O2/c1-6(10)9(12)13-8-5-3-2-4-7(8)11/h2-5H,1,10-11H2. The molecule has 0 heterocycles. The van der Waals surface area contributed by atoms with Crippen molar-refractivity contribution in [3.63, 3.8) is 0 Å². The first kappa shape index (κ1) is 9.12. The molecule has 0 atom stereocenters. The van der Waals surface area contributed by atoms with E-state index in [1.807, 2.05) is 0 Å². The van der Waals surface area contributed by atoms with Crippen molar-refractivity contribution >= 4 is 11.7 Å². The summed E-state index contributed by atoms with van der Waals surface area (Å²) in [6.07, 6.45) is 0. The maximum atomic E-state index is 11.0. The number of carbonyl (C=O) groups excluding carboxylic acids is 1. The summed E-state index contributed by atoms with van der Waals surface area (Å²) in [5.74, 6) is -0.392. The number of ether oxygens (including phenoxy) is 1. The summed E-state index contributed by atoms with van der Waals surface area (Å²) in [5, 5.41) is 0. The molecule has 1 aromatic rings. The van der Waals surface area contributed by atoms with Gasteiger partial charge in [0.25, 0.3) is 0 Å². The topological polar surface area (TPSA) is 78.3 Å². The van der Waals surface area contributed by atoms with Crippen molar-refractivity contribution in [1.82, 2.24) is 0 Å². The van der Waals surface area contributed by atoms with Crippen LogP contribution < -0.4 is 16.2 Å². The predicted octanol–water partition coefficient (Wildman–Crippen LogP) is 0.647. The Bertz CT molecular complexity index is 347. The van der Waals surface area contributed by atoms with Gasteiger partial charge in [-0.15, -0.1) is 0 Å². The minimum atomic E-state index is -0.682. The van der Waals surface area contributed by atoms with Gasteiger partial charge in [-0.2, -0.15) is 0 Å². The summed E-state index contributed by atoms with van der Waals surface area (Å²) < 4.78 is 4.82. The Hall–Kier alpha value is -1.97. The second-order valence-electron chi connectivity index (χ2n) is 2.45. The lowest BCUT2D eigenvalue weighted by Gasteiger charge is -2.05. The largest absolute Gasteiger partial charge is 0.420 e. The zero-order chi connectivity index (χ0) is 9.84. The molecule has 0 unspecified atom stereocenters. The molecular weight excluding hydrogens is 168 g/mol. The summed E-state index contributed by atoms with van der Waals surface area (Å²) >= 11 is 0. The van der Waals surface area contributed by atoms with Crippen molar-refractivity contribution < 1.29 is 9.53 Å². The molecule has 0 aromatic heterocycles. The lowest BCUT2D eigenvalue weighted by atomic mass is 10.3. The average molecular weight is 178 g/mol. The van der Waals surface area contributed by atoms with E-state index >= 15 is 0 Å². The van der Waals surface area contributed by atoms with E-state index in [-0.39, 0.29) is 5.70 Å². The first-order valence-electron chi connectivity index (χ1n) is 3.62. The van der Waals surface area contributed by atoms with Crippen molar-refractivity contribution in [2.75, 3.05) is 5.73 Å². The smallest absolute Gasteiger partial charge is 0.359 e. The SMILES string of the molecule is C=C(N)C(=O)Oc1ccccc1N. The molecular formula is C9H10N2O2. The normalized spacial score (nSPS) is 9.23. The van der Waals surface area contributed by atoms with Crippen LogP contribution in [0.25, 0.3) is 0 Å². The van der Waals surface area contributed by atoms with Crippen molar-refractivity contribution in [1.29, 1.82) is 0 Å². The van der Waals surface area contributed by atoms with Crippen LogP contribution in [0.15, 0.2) is 36.5 Å². The number of nitrogens with two attached hydrogens (primary N) is 2. The van der Waals surface area contributed by atoms with Crippen LogP contribution in [-0.2, 0) is 4.79 Å². The number of benzene rings is 1. The fraction of sp³-hybridized carbons (Fsp3) is 0. The molecule has 1 rings (SSSR count). The van der Waals surface area contributed by atoms with Gasteiger partial charge >= 0.3 is 5.97 Å². The fourth-order valence-corrected chi connectivity index (χ4v) is 0.739. The van der Waals surface area contributed by atoms with Crippen LogP contribution in [0, 0.1) is 0 Å². The Morgan fingerprint density at radius 3 is 2.54 bits per heavy atom. The highest BCUT2D eigenvalue weighted by Gasteiger charge is 2.07. The molecule has 4 heteroatoms. The third-order valence-electron chi connectivity index (χ3n) is 1.38. The Morgan fingerprint density at radius 1 is 1.38 bits per heavy atom. The van der Waals surface area contributed by atoms with Crippen molar-refractivity contribution in [3.8, 4) is 5.75 Å². The Kier molecular flexibility index (Phi) is 2.54. The second kappa shape index (κ2) is 3.62. The van der Waals surface area contributed by atoms with Crippen LogP contribution in [0.4, 0.5) is 5.69 Å². The first-order valence-corrected chi connectivity index (χ1v) is 3.62. The monoisotopic (exact) mass is 178 g/mol. The van der Waals surface area contributed by atoms with Crippen LogP contribution in [-0.4, -0.2) is 5.97 Å². The zero-order valence-electron chi connectivity index (χ0n) is 6.99. The molecule has 68 valence electrons. The number of nitrogen functional groups attached to an aromatic ring is 1. The molecule has 1 aromatic carbocycles. The summed E-state index contributed by atoms with van der Waals surface area (Å²) in [7, 11) is 0. The highest BCUT2D eigenvalue weighted by Crippen LogP contribution is 2.19. The van der Waals surface area contributed by atoms with E-state index in [0.717, 1.165) is 0 Å². The Labute approximate surface area is 75.8 Å². The number of carbonyl (C=O) groups is 1. The second-order valence-corrected chi connectivity index (χ2v) is 2.45. The van der Waals surface area contributed by atoms with Crippen molar-refractivity contribution in [3.05, 3.63) is 36.5 Å². The summed E-state index contributed by atoms with van der Waals surface area (Å²) in [6, 6.07) is 6.65. The van der Waals surface area contributed by atoms with Crippen LogP contribution in [0.1, 0.15) is 0 Å². The molecule has 4 nitrogen and oxygen atoms in total. The molecule has 0 aliphatic carbocycles. The molecule has 0 spiro atoms. The molecule has 0 amide bonds. The molecule has 0 radical (unpaired) electrons. The molecule has 13 heavy (non-hydrogen) atoms. The maximum absolute atomic E-state index is 11.0. The van der Waals surface area contributed by atoms with Crippen LogP contribution in [0.2, 0.25) is 0 Å². The van der Waals surface area contributed by atoms with Gasteiger partial charge < -0.3 is 16.2 Å². The van der Waals surface area contributed by atoms with Gasteiger partial charge in [-0.25, -0.2) is 4.79 Å². The van der Waals surface area contributed by atoms with E-state index in [1.165, 1.54) is 0 Å². The van der Waals surface area contributed by atoms with Gasteiger partial charge in [-0.05, 0) is 12.1 Å². The number of hydrogen-bond donors (Lipinski definition) is 2. The van der Waals surface area contributed by atoms with Gasteiger partial charge in [0.1, 0.15) is 5.70 Å². The molecule has 0 fully saturated rings. The van der Waals surface area contributed by atoms with Gasteiger partial charge in [0.15, 0.2) is 5.75 Å². The summed E-state index contributed by atoms with van der Waals surface area (Å²) in [6.45, 7) is 3.24. The van der Waals surface area contributed by atoms with E-state index in [9.17, 15) is 4.79 Å². The summed E-state index contributed by atoms with van der Waals surface area (Å²) in [4.78, 5) is 11.0. The van der Waals surface area contributed by atoms with E-state index in [1.54, 1.807) is 24.3 Å². The van der Waals surface area contributed by atoms with Gasteiger partial charge in [-0.1, -0.05) is 18.7 Å². The van der Waals surface area contributed by atoms with Crippen molar-refractivity contribution in [2.24, 2.45) is 5.73 Å². The lowest BCUT2D eigenvalue weighted by Crippen LogP contribution is -2.16. The van der Waals surface area contributed by atoms with Gasteiger partial charge in [-0.3, -0.25) is 0 Å². The summed E-state index contributed by atoms with van der Waals surface area (Å²) in [5.41, 5.74) is 10.9. The number of esters is 1. The van der Waals surface area contributed by atoms with E-state index in [4.69, 9.17) is 16.2 Å². The third kappa shape index (κ3) is 2.23. The molecule has 0 saturated heterocycles. The highest BCUT2D eigenvalue weighted by atomic mass is 16.5. The van der Waals surface area contributed by atoms with Crippen LogP contribution in [0.5, 0.6) is 5.75 Å². The number of hydrogen-bond acceptors (Lipinski definition) is 4. The van der Waals surface area contributed by atoms with Gasteiger partial charge in [0.05, 0.1) is 5.69 Å². The fourth-order valence-electron chi connectivity index (χ4n) is 0.739. The predicted molar refractivity (Wildman–Crippen MR) is 49.8 cm³/mol. The van der Waals surface area contributed by atoms with Gasteiger partial charge in [0, 0.05) is 0 Å². The number of anilines is 1. The maximum Gasteiger partial charge on any atom is 0.359 e. The minimum absolute atomic E-state index is 0.150. The van der Waals surface area contributed by atoms with E-state index in [0.29, 0.717) is 11.4 Å². The number of rotatable bonds is 2. The lowest BCUT2D eigenvalue weighted by molar-refractivity contribution is -0.130. The zero-order valence-corrected chi connectivity index (χ0v) is 6.99. The quantitative estimate of drug-likeness (QED) is 0.301. The van der Waals surface area contributed by atoms with Crippen LogP contribution in [0.3, 0.4) is 0 Å². The van der Waals surface area contributed by atoms with Crippen LogP contribution >= 0.6 is 0 Å². The number of para-hydroxylation sites is 2. The van der Waals surface area contributed by atoms with E-state index < -0.39 is 5.97 Å². The van der Waals surface area contributed by atoms with Crippen molar-refractivity contribution in [2.45, 2.75) is 0 Å². The molecule has 0 aliphatic heterocycles. The van der Waals surface area contributed by atoms with Gasteiger partial charge in [0.2, 0.25) is 0 Å². The third-order valence-corrected chi connectivity index (χ3v) is 1.38. The molecule has 0 aliphatic rings. The molecule has 4 N–H and O–H groups in total. The minimum Gasteiger partial charge on any atom is -0.420 e. The Morgan fingerprint density at radius 2 is 2.00 bits per heavy atom. The first-order chi connectivity index (χ1) is 6.11.